The lowest BCUT2D eigenvalue weighted by Crippen LogP contribution is -2.32. The van der Waals surface area contributed by atoms with Crippen LogP contribution in [0.4, 0.5) is 4.39 Å². The van der Waals surface area contributed by atoms with E-state index in [2.05, 4.69) is 15.0 Å². The van der Waals surface area contributed by atoms with Gasteiger partial charge in [-0.05, 0) is 12.1 Å². The molecule has 102 valence electrons. The largest absolute Gasteiger partial charge is 0.464 e. The molecule has 1 N–H and O–H groups in total. The van der Waals surface area contributed by atoms with Crippen LogP contribution in [0, 0.1) is 0 Å². The Hall–Kier alpha value is -1.82. The number of ether oxygens (including phenoxy) is 1. The number of rotatable bonds is 4. The van der Waals surface area contributed by atoms with E-state index in [1.54, 1.807) is 12.1 Å². The van der Waals surface area contributed by atoms with E-state index in [9.17, 15) is 14.0 Å². The first-order valence-corrected chi connectivity index (χ1v) is 6.04. The molecule has 1 aliphatic rings. The number of aromatic nitrogens is 1. The van der Waals surface area contributed by atoms with E-state index in [1.807, 2.05) is 0 Å². The molecule has 1 saturated heterocycles. The van der Waals surface area contributed by atoms with Crippen LogP contribution in [-0.2, 0) is 16.0 Å². The highest BCUT2D eigenvalue weighted by Gasteiger charge is 2.29. The molecule has 1 fully saturated rings. The molecule has 0 bridgehead atoms. The Morgan fingerprint density at radius 2 is 2.32 bits per heavy atom. The third-order valence-corrected chi connectivity index (χ3v) is 3.02. The smallest absolute Gasteiger partial charge is 0.356 e. The lowest BCUT2D eigenvalue weighted by Gasteiger charge is -2.08. The Morgan fingerprint density at radius 3 is 2.95 bits per heavy atom. The molecule has 0 unspecified atom stereocenters. The van der Waals surface area contributed by atoms with Crippen molar-refractivity contribution >= 4 is 11.8 Å². The van der Waals surface area contributed by atoms with E-state index in [-0.39, 0.29) is 30.9 Å². The standard InChI is InChI=1S/C13H15FN2O3/c1-19-13(18)10-4-2-3-9(16-10)6-12(17)11-5-8(14)7-15-11/h2-4,8,11,15H,5-7H2,1H3/t8-,11+/m1/s1. The van der Waals surface area contributed by atoms with E-state index in [4.69, 9.17) is 0 Å². The van der Waals surface area contributed by atoms with E-state index >= 15 is 0 Å². The lowest BCUT2D eigenvalue weighted by molar-refractivity contribution is -0.120. The zero-order valence-corrected chi connectivity index (χ0v) is 10.6. The van der Waals surface area contributed by atoms with Crippen molar-refractivity contribution in [1.29, 1.82) is 0 Å². The van der Waals surface area contributed by atoms with Gasteiger partial charge < -0.3 is 10.1 Å². The molecule has 2 heterocycles. The minimum atomic E-state index is -0.969. The first-order valence-electron chi connectivity index (χ1n) is 6.04. The summed E-state index contributed by atoms with van der Waals surface area (Å²) >= 11 is 0. The summed E-state index contributed by atoms with van der Waals surface area (Å²) in [7, 11) is 1.27. The Balaban J connectivity index is 2.03. The molecule has 0 aliphatic carbocycles. The van der Waals surface area contributed by atoms with Crippen molar-refractivity contribution in [3.05, 3.63) is 29.6 Å². The average molecular weight is 266 g/mol. The molecule has 1 aromatic rings. The van der Waals surface area contributed by atoms with Gasteiger partial charge >= 0.3 is 5.97 Å². The van der Waals surface area contributed by atoms with Gasteiger partial charge in [-0.1, -0.05) is 6.07 Å². The molecule has 0 aromatic carbocycles. The van der Waals surface area contributed by atoms with Crippen LogP contribution < -0.4 is 5.32 Å². The number of methoxy groups -OCH3 is 1. The summed E-state index contributed by atoms with van der Waals surface area (Å²) in [5, 5.41) is 2.83. The molecule has 5 nitrogen and oxygen atoms in total. The van der Waals surface area contributed by atoms with Gasteiger partial charge in [-0.2, -0.15) is 0 Å². The zero-order chi connectivity index (χ0) is 13.8. The number of halogens is 1. The average Bonchev–Trinajstić information content (AvgIpc) is 2.85. The molecule has 0 saturated carbocycles. The van der Waals surface area contributed by atoms with Gasteiger partial charge in [0.05, 0.1) is 19.6 Å². The Kier molecular flexibility index (Phi) is 4.21. The van der Waals surface area contributed by atoms with Gasteiger partial charge in [-0.3, -0.25) is 4.79 Å². The van der Waals surface area contributed by atoms with Crippen molar-refractivity contribution in [3.8, 4) is 0 Å². The summed E-state index contributed by atoms with van der Waals surface area (Å²) in [5.74, 6) is -0.660. The van der Waals surface area contributed by atoms with Gasteiger partial charge in [0, 0.05) is 18.7 Å². The highest BCUT2D eigenvalue weighted by molar-refractivity contribution is 5.88. The number of Topliss-reactive ketones (excluding diaryl/α,β-unsaturated/α-hetero) is 1. The van der Waals surface area contributed by atoms with Crippen LogP contribution in [0.5, 0.6) is 0 Å². The number of hydrogen-bond acceptors (Lipinski definition) is 5. The SMILES string of the molecule is COC(=O)c1cccc(CC(=O)[C@@H]2C[C@@H](F)CN2)n1. The Morgan fingerprint density at radius 1 is 1.53 bits per heavy atom. The predicted octanol–water partition coefficient (Wildman–Crippen LogP) is 0.680. The highest BCUT2D eigenvalue weighted by atomic mass is 19.1. The molecule has 2 atom stereocenters. The monoisotopic (exact) mass is 266 g/mol. The van der Waals surface area contributed by atoms with Crippen LogP contribution in [0.1, 0.15) is 22.6 Å². The van der Waals surface area contributed by atoms with Crippen LogP contribution in [0.25, 0.3) is 0 Å². The Bertz CT molecular complexity index is 493. The van der Waals surface area contributed by atoms with Gasteiger partial charge in [0.15, 0.2) is 5.78 Å². The number of nitrogens with zero attached hydrogens (tertiary/aromatic N) is 1. The second kappa shape index (κ2) is 5.88. The van der Waals surface area contributed by atoms with Gasteiger partial charge in [-0.25, -0.2) is 14.2 Å². The molecule has 1 aromatic heterocycles. The molecular formula is C13H15FN2O3. The first-order chi connectivity index (χ1) is 9.10. The number of ketones is 1. The molecule has 1 aliphatic heterocycles. The van der Waals surface area contributed by atoms with Crippen molar-refractivity contribution in [1.82, 2.24) is 10.3 Å². The van der Waals surface area contributed by atoms with Crippen LogP contribution >= 0.6 is 0 Å². The van der Waals surface area contributed by atoms with Crippen molar-refractivity contribution in [2.75, 3.05) is 13.7 Å². The van der Waals surface area contributed by atoms with Crippen LogP contribution in [-0.4, -0.2) is 42.6 Å². The maximum Gasteiger partial charge on any atom is 0.356 e. The van der Waals surface area contributed by atoms with Crippen molar-refractivity contribution < 1.29 is 18.7 Å². The number of hydrogen-bond donors (Lipinski definition) is 1. The third kappa shape index (κ3) is 3.35. The van der Waals surface area contributed by atoms with E-state index < -0.39 is 18.2 Å². The van der Waals surface area contributed by atoms with Gasteiger partial charge in [0.1, 0.15) is 11.9 Å². The second-order valence-corrected chi connectivity index (χ2v) is 4.44. The highest BCUT2D eigenvalue weighted by Crippen LogP contribution is 2.13. The van der Waals surface area contributed by atoms with Crippen LogP contribution in [0.2, 0.25) is 0 Å². The predicted molar refractivity (Wildman–Crippen MR) is 65.6 cm³/mol. The third-order valence-electron chi connectivity index (χ3n) is 3.02. The van der Waals surface area contributed by atoms with Crippen molar-refractivity contribution in [2.24, 2.45) is 0 Å². The molecule has 0 amide bonds. The number of alkyl halides is 1. The molecule has 0 radical (unpaired) electrons. The number of esters is 1. The summed E-state index contributed by atoms with van der Waals surface area (Å²) in [6, 6.07) is 4.36. The van der Waals surface area contributed by atoms with E-state index in [1.165, 1.54) is 13.2 Å². The summed E-state index contributed by atoms with van der Waals surface area (Å²) in [6.45, 7) is 0.214. The molecular weight excluding hydrogens is 251 g/mol. The van der Waals surface area contributed by atoms with E-state index in [0.717, 1.165) is 0 Å². The van der Waals surface area contributed by atoms with Gasteiger partial charge in [-0.15, -0.1) is 0 Å². The fraction of sp³-hybridized carbons (Fsp3) is 0.462. The first kappa shape index (κ1) is 13.6. The molecule has 2 rings (SSSR count). The molecule has 19 heavy (non-hydrogen) atoms. The number of carbonyl (C=O) groups is 2. The minimum absolute atomic E-state index is 0.0786. The topological polar surface area (TPSA) is 68.3 Å². The molecule has 0 spiro atoms. The van der Waals surface area contributed by atoms with Gasteiger partial charge in [0.25, 0.3) is 0 Å². The van der Waals surface area contributed by atoms with Gasteiger partial charge in [0.2, 0.25) is 0 Å². The van der Waals surface area contributed by atoms with Crippen LogP contribution in [0.3, 0.4) is 0 Å². The maximum absolute atomic E-state index is 13.0. The normalized spacial score (nSPS) is 22.2. The zero-order valence-electron chi connectivity index (χ0n) is 10.6. The number of pyridine rings is 1. The quantitative estimate of drug-likeness (QED) is 0.812. The minimum Gasteiger partial charge on any atom is -0.464 e. The summed E-state index contributed by atoms with van der Waals surface area (Å²) in [4.78, 5) is 27.3. The van der Waals surface area contributed by atoms with Crippen molar-refractivity contribution in [2.45, 2.75) is 25.1 Å². The Labute approximate surface area is 110 Å². The number of nitrogens with one attached hydrogen (secondary N) is 1. The summed E-state index contributed by atoms with van der Waals surface area (Å²) in [5.41, 5.74) is 0.646. The van der Waals surface area contributed by atoms with Crippen molar-refractivity contribution in [3.63, 3.8) is 0 Å². The fourth-order valence-corrected chi connectivity index (χ4v) is 2.04. The van der Waals surface area contributed by atoms with Crippen LogP contribution in [0.15, 0.2) is 18.2 Å². The van der Waals surface area contributed by atoms with E-state index in [0.29, 0.717) is 5.69 Å². The fourth-order valence-electron chi connectivity index (χ4n) is 2.04. The second-order valence-electron chi connectivity index (χ2n) is 4.44. The molecule has 6 heteroatoms. The summed E-state index contributed by atoms with van der Waals surface area (Å²) < 4.78 is 17.6. The lowest BCUT2D eigenvalue weighted by atomic mass is 10.1. The number of carbonyl (C=O) groups excluding carboxylic acids is 2. The maximum atomic E-state index is 13.0. The summed E-state index contributed by atoms with van der Waals surface area (Å²) in [6.07, 6.45) is -0.687.